The molecule has 0 radical (unpaired) electrons. The fraction of sp³-hybridized carbons (Fsp3) is 0.538. The Morgan fingerprint density at radius 3 is 2.13 bits per heavy atom. The summed E-state index contributed by atoms with van der Waals surface area (Å²) in [5, 5.41) is 0. The minimum absolute atomic E-state index is 0.139. The first-order chi connectivity index (χ1) is 7.06. The summed E-state index contributed by atoms with van der Waals surface area (Å²) in [6.07, 6.45) is 0.991. The molecule has 0 spiro atoms. The van der Waals surface area contributed by atoms with Crippen molar-refractivity contribution in [2.24, 2.45) is 11.7 Å². The van der Waals surface area contributed by atoms with Crippen LogP contribution in [0.25, 0.3) is 0 Å². The number of rotatable bonds is 4. The zero-order chi connectivity index (χ0) is 11.4. The Morgan fingerprint density at radius 2 is 1.73 bits per heavy atom. The number of benzene rings is 1. The van der Waals surface area contributed by atoms with Crippen LogP contribution in [0.15, 0.2) is 24.3 Å². The van der Waals surface area contributed by atoms with E-state index < -0.39 is 0 Å². The average molecular weight is 209 g/mol. The summed E-state index contributed by atoms with van der Waals surface area (Å²) in [6.45, 7) is 6.37. The minimum atomic E-state index is -0.188. The van der Waals surface area contributed by atoms with Gasteiger partial charge in [-0.2, -0.15) is 0 Å². The molecular weight excluding hydrogens is 189 g/mol. The molecule has 2 heteroatoms. The highest BCUT2D eigenvalue weighted by Crippen LogP contribution is 2.26. The van der Waals surface area contributed by atoms with Gasteiger partial charge in [0.15, 0.2) is 0 Å². The number of nitrogens with two attached hydrogens (primary N) is 1. The van der Waals surface area contributed by atoms with E-state index >= 15 is 0 Å². The first-order valence-corrected chi connectivity index (χ1v) is 5.57. The molecular formula is C13H20FN. The molecule has 0 aliphatic rings. The summed E-state index contributed by atoms with van der Waals surface area (Å²) in [5.74, 6) is 0.581. The van der Waals surface area contributed by atoms with Gasteiger partial charge in [0.25, 0.3) is 0 Å². The van der Waals surface area contributed by atoms with Gasteiger partial charge < -0.3 is 5.73 Å². The third-order valence-electron chi connectivity index (χ3n) is 2.97. The lowest BCUT2D eigenvalue weighted by Crippen LogP contribution is -2.33. The van der Waals surface area contributed by atoms with Crippen molar-refractivity contribution in [3.63, 3.8) is 0 Å². The maximum absolute atomic E-state index is 12.8. The van der Waals surface area contributed by atoms with E-state index in [-0.39, 0.29) is 11.9 Å². The minimum Gasteiger partial charge on any atom is -0.327 e. The molecule has 84 valence electrons. The van der Waals surface area contributed by atoms with Crippen LogP contribution >= 0.6 is 0 Å². The Kier molecular flexibility index (Phi) is 4.28. The molecule has 1 aromatic carbocycles. The third-order valence-corrected chi connectivity index (χ3v) is 2.97. The van der Waals surface area contributed by atoms with E-state index in [9.17, 15) is 4.39 Å². The van der Waals surface area contributed by atoms with E-state index in [4.69, 9.17) is 5.73 Å². The van der Waals surface area contributed by atoms with Gasteiger partial charge in [-0.1, -0.05) is 32.9 Å². The molecule has 0 saturated carbocycles. The Labute approximate surface area is 91.5 Å². The number of hydrogen-bond donors (Lipinski definition) is 1. The van der Waals surface area contributed by atoms with E-state index in [1.165, 1.54) is 12.1 Å². The fourth-order valence-corrected chi connectivity index (χ4v) is 1.90. The SMILES string of the molecule is CCC(c1ccc(F)cc1)C(N)C(C)C. The van der Waals surface area contributed by atoms with Gasteiger partial charge in [0, 0.05) is 6.04 Å². The van der Waals surface area contributed by atoms with Crippen LogP contribution in [0.2, 0.25) is 0 Å². The van der Waals surface area contributed by atoms with Gasteiger partial charge in [0.05, 0.1) is 0 Å². The summed E-state index contributed by atoms with van der Waals surface area (Å²) in [7, 11) is 0. The van der Waals surface area contributed by atoms with Crippen LogP contribution < -0.4 is 5.73 Å². The molecule has 2 N–H and O–H groups in total. The zero-order valence-corrected chi connectivity index (χ0v) is 9.70. The molecule has 0 fully saturated rings. The van der Waals surface area contributed by atoms with Crippen molar-refractivity contribution in [2.75, 3.05) is 0 Å². The molecule has 0 bridgehead atoms. The van der Waals surface area contributed by atoms with Crippen molar-refractivity contribution in [2.45, 2.75) is 39.2 Å². The second kappa shape index (κ2) is 5.26. The van der Waals surface area contributed by atoms with Crippen molar-refractivity contribution in [1.29, 1.82) is 0 Å². The van der Waals surface area contributed by atoms with Gasteiger partial charge in [0.1, 0.15) is 5.82 Å². The largest absolute Gasteiger partial charge is 0.327 e. The second-order valence-corrected chi connectivity index (χ2v) is 4.39. The highest BCUT2D eigenvalue weighted by Gasteiger charge is 2.20. The molecule has 0 aliphatic heterocycles. The quantitative estimate of drug-likeness (QED) is 0.809. The topological polar surface area (TPSA) is 26.0 Å². The van der Waals surface area contributed by atoms with E-state index in [2.05, 4.69) is 20.8 Å². The summed E-state index contributed by atoms with van der Waals surface area (Å²) in [4.78, 5) is 0. The van der Waals surface area contributed by atoms with Crippen LogP contribution in [0.1, 0.15) is 38.7 Å². The smallest absolute Gasteiger partial charge is 0.123 e. The summed E-state index contributed by atoms with van der Waals surface area (Å²) in [6, 6.07) is 6.83. The lowest BCUT2D eigenvalue weighted by molar-refractivity contribution is 0.408. The first-order valence-electron chi connectivity index (χ1n) is 5.57. The van der Waals surface area contributed by atoms with E-state index in [0.717, 1.165) is 12.0 Å². The monoisotopic (exact) mass is 209 g/mol. The number of halogens is 1. The van der Waals surface area contributed by atoms with Crippen LogP contribution in [0.3, 0.4) is 0 Å². The van der Waals surface area contributed by atoms with Gasteiger partial charge in [0.2, 0.25) is 0 Å². The lowest BCUT2D eigenvalue weighted by Gasteiger charge is -2.26. The fourth-order valence-electron chi connectivity index (χ4n) is 1.90. The van der Waals surface area contributed by atoms with Gasteiger partial charge >= 0.3 is 0 Å². The molecule has 0 aromatic heterocycles. The summed E-state index contributed by atoms with van der Waals surface area (Å²) >= 11 is 0. The normalized spacial score (nSPS) is 15.3. The maximum Gasteiger partial charge on any atom is 0.123 e. The van der Waals surface area contributed by atoms with Gasteiger partial charge in [-0.25, -0.2) is 4.39 Å². The van der Waals surface area contributed by atoms with Crippen molar-refractivity contribution < 1.29 is 4.39 Å². The highest BCUT2D eigenvalue weighted by molar-refractivity contribution is 5.22. The van der Waals surface area contributed by atoms with Crippen LogP contribution in [-0.2, 0) is 0 Å². The lowest BCUT2D eigenvalue weighted by atomic mass is 9.84. The van der Waals surface area contributed by atoms with Crippen LogP contribution in [-0.4, -0.2) is 6.04 Å². The molecule has 0 amide bonds. The van der Waals surface area contributed by atoms with Gasteiger partial charge in [-0.05, 0) is 36.0 Å². The highest BCUT2D eigenvalue weighted by atomic mass is 19.1. The molecule has 2 unspecified atom stereocenters. The molecule has 1 nitrogen and oxygen atoms in total. The molecule has 1 rings (SSSR count). The predicted molar refractivity (Wildman–Crippen MR) is 62.2 cm³/mol. The average Bonchev–Trinajstić information content (AvgIpc) is 2.21. The number of hydrogen-bond acceptors (Lipinski definition) is 1. The zero-order valence-electron chi connectivity index (χ0n) is 9.70. The molecule has 0 saturated heterocycles. The van der Waals surface area contributed by atoms with Crippen molar-refractivity contribution in [1.82, 2.24) is 0 Å². The van der Waals surface area contributed by atoms with E-state index in [1.54, 1.807) is 0 Å². The van der Waals surface area contributed by atoms with Crippen molar-refractivity contribution in [3.05, 3.63) is 35.6 Å². The van der Waals surface area contributed by atoms with Crippen LogP contribution in [0.5, 0.6) is 0 Å². The molecule has 2 atom stereocenters. The molecule has 1 aromatic rings. The van der Waals surface area contributed by atoms with Crippen LogP contribution in [0, 0.1) is 11.7 Å². The van der Waals surface area contributed by atoms with Gasteiger partial charge in [-0.3, -0.25) is 0 Å². The van der Waals surface area contributed by atoms with E-state index in [1.807, 2.05) is 12.1 Å². The Morgan fingerprint density at radius 1 is 1.20 bits per heavy atom. The van der Waals surface area contributed by atoms with E-state index in [0.29, 0.717) is 11.8 Å². The molecule has 15 heavy (non-hydrogen) atoms. The van der Waals surface area contributed by atoms with Crippen molar-refractivity contribution in [3.8, 4) is 0 Å². The predicted octanol–water partition coefficient (Wildman–Crippen LogP) is 3.30. The van der Waals surface area contributed by atoms with Gasteiger partial charge in [-0.15, -0.1) is 0 Å². The summed E-state index contributed by atoms with van der Waals surface area (Å²) < 4.78 is 12.8. The van der Waals surface area contributed by atoms with Crippen LogP contribution in [0.4, 0.5) is 4.39 Å². The molecule has 0 aliphatic carbocycles. The third kappa shape index (κ3) is 3.03. The van der Waals surface area contributed by atoms with Crippen molar-refractivity contribution >= 4 is 0 Å². The maximum atomic E-state index is 12.8. The Hall–Kier alpha value is -0.890. The Balaban J connectivity index is 2.87. The second-order valence-electron chi connectivity index (χ2n) is 4.39. The standard InChI is InChI=1S/C13H20FN/c1-4-12(13(15)9(2)3)10-5-7-11(14)8-6-10/h5-9,12-13H,4,15H2,1-3H3. The summed E-state index contributed by atoms with van der Waals surface area (Å²) in [5.41, 5.74) is 7.29. The first kappa shape index (κ1) is 12.2. The Bertz CT molecular complexity index is 292. The molecule has 0 heterocycles.